The molecule has 0 spiro atoms. The number of rotatable bonds is 3. The number of hydrogen-bond donors (Lipinski definition) is 3. The highest BCUT2D eigenvalue weighted by Crippen LogP contribution is 2.32. The van der Waals surface area contributed by atoms with Crippen molar-refractivity contribution in [3.63, 3.8) is 0 Å². The molecule has 0 unspecified atom stereocenters. The molecular weight excluding hydrogens is 342 g/mol. The van der Waals surface area contributed by atoms with Gasteiger partial charge < -0.3 is 15.2 Å². The smallest absolute Gasteiger partial charge is 0.254 e. The zero-order valence-electron chi connectivity index (χ0n) is 15.8. The van der Waals surface area contributed by atoms with Gasteiger partial charge in [0.2, 0.25) is 0 Å². The Morgan fingerprint density at radius 3 is 2.74 bits per heavy atom. The Morgan fingerprint density at radius 2 is 2.00 bits per heavy atom. The van der Waals surface area contributed by atoms with Crippen LogP contribution in [0.2, 0.25) is 0 Å². The molecule has 2 aliphatic rings. The maximum atomic E-state index is 12.6. The first-order valence-corrected chi connectivity index (χ1v) is 9.87. The number of hydrogen-bond acceptors (Lipinski definition) is 5. The Kier molecular flexibility index (Phi) is 4.91. The third-order valence-corrected chi connectivity index (χ3v) is 5.98. The van der Waals surface area contributed by atoms with E-state index in [1.54, 1.807) is 6.07 Å². The predicted molar refractivity (Wildman–Crippen MR) is 103 cm³/mol. The van der Waals surface area contributed by atoms with E-state index in [0.717, 1.165) is 47.6 Å². The van der Waals surface area contributed by atoms with Crippen molar-refractivity contribution in [1.82, 2.24) is 14.9 Å². The van der Waals surface area contributed by atoms with Crippen molar-refractivity contribution in [2.45, 2.75) is 64.5 Å². The topological polar surface area (TPSA) is 89.4 Å². The van der Waals surface area contributed by atoms with Gasteiger partial charge in [0.25, 0.3) is 5.56 Å². The summed E-state index contributed by atoms with van der Waals surface area (Å²) in [6, 6.07) is 3.04. The Labute approximate surface area is 158 Å². The third kappa shape index (κ3) is 3.72. The fraction of sp³-hybridized carbons (Fsp3) is 0.524. The zero-order chi connectivity index (χ0) is 19.0. The highest BCUT2D eigenvalue weighted by atomic mass is 16.3. The quantitative estimate of drug-likeness (QED) is 0.774. The maximum Gasteiger partial charge on any atom is 0.254 e. The molecule has 144 valence electrons. The van der Waals surface area contributed by atoms with E-state index in [1.165, 1.54) is 25.3 Å². The molecular formula is C21H27N3O3. The number of aromatic hydroxyl groups is 2. The molecule has 1 aliphatic carbocycles. The van der Waals surface area contributed by atoms with E-state index in [0.29, 0.717) is 25.4 Å². The summed E-state index contributed by atoms with van der Waals surface area (Å²) in [5.41, 5.74) is 3.37. The lowest BCUT2D eigenvalue weighted by Gasteiger charge is -2.29. The Morgan fingerprint density at radius 1 is 1.22 bits per heavy atom. The summed E-state index contributed by atoms with van der Waals surface area (Å²) in [7, 11) is 0. The van der Waals surface area contributed by atoms with Crippen LogP contribution in [0.15, 0.2) is 16.9 Å². The molecule has 1 aliphatic heterocycles. The molecule has 6 heteroatoms. The molecule has 2 aromatic rings. The lowest BCUT2D eigenvalue weighted by atomic mass is 9.88. The van der Waals surface area contributed by atoms with E-state index in [-0.39, 0.29) is 17.1 Å². The number of fused-ring (bicyclic) bond motifs is 1. The average molecular weight is 369 g/mol. The zero-order valence-corrected chi connectivity index (χ0v) is 15.8. The van der Waals surface area contributed by atoms with Crippen LogP contribution < -0.4 is 5.56 Å². The Bertz CT molecular complexity index is 877. The van der Waals surface area contributed by atoms with Crippen LogP contribution in [0.1, 0.15) is 66.2 Å². The van der Waals surface area contributed by atoms with Gasteiger partial charge in [-0.1, -0.05) is 19.3 Å². The Balaban J connectivity index is 1.57. The first-order valence-electron chi connectivity index (χ1n) is 9.87. The molecule has 2 heterocycles. The van der Waals surface area contributed by atoms with Gasteiger partial charge in [-0.25, -0.2) is 4.98 Å². The van der Waals surface area contributed by atoms with E-state index in [4.69, 9.17) is 4.98 Å². The van der Waals surface area contributed by atoms with Gasteiger partial charge in [-0.15, -0.1) is 0 Å². The molecule has 3 N–H and O–H groups in total. The number of phenols is 2. The highest BCUT2D eigenvalue weighted by Gasteiger charge is 2.25. The van der Waals surface area contributed by atoms with Crippen molar-refractivity contribution in [2.24, 2.45) is 0 Å². The SMILES string of the molecule is Cc1cc(O)cc(O)c1CN1CCc2c(nc(C3CCCCC3)[nH]c2=O)C1. The van der Waals surface area contributed by atoms with E-state index in [2.05, 4.69) is 9.88 Å². The van der Waals surface area contributed by atoms with Gasteiger partial charge in [0.1, 0.15) is 17.3 Å². The van der Waals surface area contributed by atoms with Crippen molar-refractivity contribution in [2.75, 3.05) is 6.54 Å². The lowest BCUT2D eigenvalue weighted by Crippen LogP contribution is -2.36. The summed E-state index contributed by atoms with van der Waals surface area (Å²) in [6.45, 7) is 3.82. The maximum absolute atomic E-state index is 12.6. The summed E-state index contributed by atoms with van der Waals surface area (Å²) in [5.74, 6) is 1.41. The van der Waals surface area contributed by atoms with E-state index < -0.39 is 0 Å². The van der Waals surface area contributed by atoms with E-state index >= 15 is 0 Å². The standard InChI is InChI=1S/C21H27N3O3/c1-13-9-15(25)10-19(26)17(13)11-24-8-7-16-18(12-24)22-20(23-21(16)27)14-5-3-2-4-6-14/h9-10,14,25-26H,2-8,11-12H2,1H3,(H,22,23,27). The molecule has 1 saturated carbocycles. The molecule has 6 nitrogen and oxygen atoms in total. The van der Waals surface area contributed by atoms with Crippen LogP contribution in [0.4, 0.5) is 0 Å². The predicted octanol–water partition coefficient (Wildman–Crippen LogP) is 3.10. The second-order valence-corrected chi connectivity index (χ2v) is 7.93. The number of aryl methyl sites for hydroxylation is 1. The molecule has 27 heavy (non-hydrogen) atoms. The van der Waals surface area contributed by atoms with Gasteiger partial charge in [0.15, 0.2) is 0 Å². The normalized spacial score (nSPS) is 18.4. The van der Waals surface area contributed by atoms with Crippen LogP contribution in [0.3, 0.4) is 0 Å². The summed E-state index contributed by atoms with van der Waals surface area (Å²) in [5, 5.41) is 19.8. The third-order valence-electron chi connectivity index (χ3n) is 5.98. The summed E-state index contributed by atoms with van der Waals surface area (Å²) >= 11 is 0. The molecule has 4 rings (SSSR count). The van der Waals surface area contributed by atoms with Crippen molar-refractivity contribution in [3.8, 4) is 11.5 Å². The minimum Gasteiger partial charge on any atom is -0.508 e. The highest BCUT2D eigenvalue weighted by molar-refractivity contribution is 5.44. The van der Waals surface area contributed by atoms with E-state index in [9.17, 15) is 15.0 Å². The lowest BCUT2D eigenvalue weighted by molar-refractivity contribution is 0.235. The van der Waals surface area contributed by atoms with Crippen LogP contribution >= 0.6 is 0 Å². The molecule has 0 saturated heterocycles. The van der Waals surface area contributed by atoms with Gasteiger partial charge in [-0.2, -0.15) is 0 Å². The Hall–Kier alpha value is -2.34. The van der Waals surface area contributed by atoms with Crippen LogP contribution in [0, 0.1) is 6.92 Å². The number of nitrogens with one attached hydrogen (secondary N) is 1. The monoisotopic (exact) mass is 369 g/mol. The molecule has 1 aromatic heterocycles. The number of nitrogens with zero attached hydrogens (tertiary/aromatic N) is 2. The van der Waals surface area contributed by atoms with Crippen molar-refractivity contribution >= 4 is 0 Å². The largest absolute Gasteiger partial charge is 0.508 e. The average Bonchev–Trinajstić information content (AvgIpc) is 2.65. The van der Waals surface area contributed by atoms with Crippen LogP contribution in [0.5, 0.6) is 11.5 Å². The second-order valence-electron chi connectivity index (χ2n) is 7.93. The number of H-pyrrole nitrogens is 1. The van der Waals surface area contributed by atoms with Crippen molar-refractivity contribution in [1.29, 1.82) is 0 Å². The minimum atomic E-state index is 0.0175. The van der Waals surface area contributed by atoms with Gasteiger partial charge in [0.05, 0.1) is 5.69 Å². The fourth-order valence-electron chi connectivity index (χ4n) is 4.43. The number of phenolic OH excluding ortho intramolecular Hbond substituents is 2. The summed E-state index contributed by atoms with van der Waals surface area (Å²) in [4.78, 5) is 22.7. The van der Waals surface area contributed by atoms with Crippen LogP contribution in [-0.4, -0.2) is 31.6 Å². The number of benzene rings is 1. The molecule has 1 fully saturated rings. The second kappa shape index (κ2) is 7.35. The van der Waals surface area contributed by atoms with Gasteiger partial charge >= 0.3 is 0 Å². The van der Waals surface area contributed by atoms with E-state index in [1.807, 2.05) is 6.92 Å². The van der Waals surface area contributed by atoms with Crippen LogP contribution in [0.25, 0.3) is 0 Å². The van der Waals surface area contributed by atoms with Gasteiger partial charge in [-0.05, 0) is 37.8 Å². The summed E-state index contributed by atoms with van der Waals surface area (Å²) < 4.78 is 0. The van der Waals surface area contributed by atoms with Crippen molar-refractivity contribution < 1.29 is 10.2 Å². The van der Waals surface area contributed by atoms with Crippen molar-refractivity contribution in [3.05, 3.63) is 50.7 Å². The fourth-order valence-corrected chi connectivity index (χ4v) is 4.43. The van der Waals surface area contributed by atoms with Gasteiger partial charge in [-0.3, -0.25) is 9.69 Å². The molecule has 0 atom stereocenters. The minimum absolute atomic E-state index is 0.0175. The molecule has 1 aromatic carbocycles. The number of aromatic nitrogens is 2. The van der Waals surface area contributed by atoms with Crippen LogP contribution in [-0.2, 0) is 19.5 Å². The number of aromatic amines is 1. The molecule has 0 amide bonds. The molecule has 0 radical (unpaired) electrons. The first-order chi connectivity index (χ1) is 13.0. The summed E-state index contributed by atoms with van der Waals surface area (Å²) in [6.07, 6.45) is 6.56. The van der Waals surface area contributed by atoms with Gasteiger partial charge in [0, 0.05) is 42.7 Å². The molecule has 0 bridgehead atoms. The first kappa shape index (κ1) is 18.0.